The fourth-order valence-corrected chi connectivity index (χ4v) is 2.44. The van der Waals surface area contributed by atoms with Crippen molar-refractivity contribution in [1.82, 2.24) is 15.3 Å². The van der Waals surface area contributed by atoms with Gasteiger partial charge in [-0.15, -0.1) is 0 Å². The lowest BCUT2D eigenvalue weighted by atomic mass is 9.96. The number of ether oxygens (including phenoxy) is 1. The van der Waals surface area contributed by atoms with Crippen LogP contribution in [0.15, 0.2) is 0 Å². The van der Waals surface area contributed by atoms with E-state index in [2.05, 4.69) is 15.3 Å². The molecule has 0 bridgehead atoms. The molecule has 0 radical (unpaired) electrons. The summed E-state index contributed by atoms with van der Waals surface area (Å²) in [6, 6.07) is 1.05. The van der Waals surface area contributed by atoms with Crippen molar-refractivity contribution < 1.29 is 4.74 Å². The molecule has 1 aromatic heterocycles. The molecule has 1 aliphatic rings. The minimum atomic E-state index is 0.473. The van der Waals surface area contributed by atoms with Gasteiger partial charge in [0.1, 0.15) is 0 Å². The van der Waals surface area contributed by atoms with Crippen molar-refractivity contribution >= 4 is 0 Å². The van der Waals surface area contributed by atoms with Crippen LogP contribution in [0.4, 0.5) is 0 Å². The molecule has 17 heavy (non-hydrogen) atoms. The van der Waals surface area contributed by atoms with Crippen molar-refractivity contribution in [2.24, 2.45) is 0 Å². The molecule has 1 atom stereocenters. The number of hydrogen-bond acceptors (Lipinski definition) is 4. The second-order valence-corrected chi connectivity index (χ2v) is 4.71. The summed E-state index contributed by atoms with van der Waals surface area (Å²) >= 11 is 0. The van der Waals surface area contributed by atoms with Crippen molar-refractivity contribution in [3.8, 4) is 6.01 Å². The third-order valence-corrected chi connectivity index (χ3v) is 3.45. The van der Waals surface area contributed by atoms with Gasteiger partial charge in [0.15, 0.2) is 0 Å². The second-order valence-electron chi connectivity index (χ2n) is 4.71. The van der Waals surface area contributed by atoms with Gasteiger partial charge in [-0.2, -0.15) is 0 Å². The van der Waals surface area contributed by atoms with Crippen molar-refractivity contribution in [2.75, 3.05) is 13.7 Å². The highest BCUT2D eigenvalue weighted by molar-refractivity contribution is 5.26. The minimum absolute atomic E-state index is 0.473. The van der Waals surface area contributed by atoms with Gasteiger partial charge in [0.2, 0.25) is 0 Å². The Morgan fingerprint density at radius 3 is 2.47 bits per heavy atom. The monoisotopic (exact) mass is 235 g/mol. The molecule has 1 saturated heterocycles. The molecular formula is C13H21N3O. The molecule has 2 rings (SSSR count). The summed E-state index contributed by atoms with van der Waals surface area (Å²) in [5.74, 6) is 0. The zero-order valence-electron chi connectivity index (χ0n) is 10.9. The van der Waals surface area contributed by atoms with Crippen LogP contribution in [0.5, 0.6) is 6.01 Å². The van der Waals surface area contributed by atoms with Crippen molar-refractivity contribution in [3.63, 3.8) is 0 Å². The van der Waals surface area contributed by atoms with Gasteiger partial charge >= 0.3 is 6.01 Å². The molecule has 94 valence electrons. The Kier molecular flexibility index (Phi) is 3.94. The number of hydrogen-bond donors (Lipinski definition) is 1. The lowest BCUT2D eigenvalue weighted by molar-refractivity contribution is 0.373. The van der Waals surface area contributed by atoms with Crippen LogP contribution in [-0.4, -0.2) is 29.7 Å². The Labute approximate surface area is 103 Å². The summed E-state index contributed by atoms with van der Waals surface area (Å²) in [6.45, 7) is 5.21. The first-order valence-electron chi connectivity index (χ1n) is 6.32. The standard InChI is InChI=1S/C13H21N3O/c1-9-12(8-11-6-4-5-7-14-11)10(2)16-13(15-9)17-3/h11,14H,4-8H2,1-3H3. The maximum Gasteiger partial charge on any atom is 0.316 e. The van der Waals surface area contributed by atoms with E-state index in [4.69, 9.17) is 4.74 Å². The van der Waals surface area contributed by atoms with Crippen LogP contribution in [-0.2, 0) is 6.42 Å². The van der Waals surface area contributed by atoms with E-state index in [-0.39, 0.29) is 0 Å². The smallest absolute Gasteiger partial charge is 0.316 e. The summed E-state index contributed by atoms with van der Waals surface area (Å²) < 4.78 is 5.08. The molecule has 4 heteroatoms. The van der Waals surface area contributed by atoms with Gasteiger partial charge in [-0.1, -0.05) is 6.42 Å². The van der Waals surface area contributed by atoms with Gasteiger partial charge < -0.3 is 10.1 Å². The predicted molar refractivity (Wildman–Crippen MR) is 67.4 cm³/mol. The molecule has 1 fully saturated rings. The summed E-state index contributed by atoms with van der Waals surface area (Å²) in [7, 11) is 1.61. The van der Waals surface area contributed by atoms with Crippen LogP contribution in [0.25, 0.3) is 0 Å². The molecule has 1 aliphatic heterocycles. The van der Waals surface area contributed by atoms with E-state index in [9.17, 15) is 0 Å². The summed E-state index contributed by atoms with van der Waals surface area (Å²) in [5.41, 5.74) is 3.36. The number of nitrogens with one attached hydrogen (secondary N) is 1. The second kappa shape index (κ2) is 5.45. The van der Waals surface area contributed by atoms with Crippen LogP contribution in [0, 0.1) is 13.8 Å². The number of methoxy groups -OCH3 is 1. The maximum atomic E-state index is 5.08. The predicted octanol–water partition coefficient (Wildman–Crippen LogP) is 1.79. The number of aromatic nitrogens is 2. The van der Waals surface area contributed by atoms with E-state index < -0.39 is 0 Å². The van der Waals surface area contributed by atoms with E-state index in [0.29, 0.717) is 12.1 Å². The first kappa shape index (κ1) is 12.3. The number of piperidine rings is 1. The lowest BCUT2D eigenvalue weighted by Gasteiger charge is -2.24. The summed E-state index contributed by atoms with van der Waals surface area (Å²) in [5, 5.41) is 3.56. The molecule has 0 amide bonds. The number of rotatable bonds is 3. The van der Waals surface area contributed by atoms with Crippen LogP contribution in [0.1, 0.15) is 36.2 Å². The molecule has 0 saturated carbocycles. The normalized spacial score (nSPS) is 20.3. The highest BCUT2D eigenvalue weighted by Crippen LogP contribution is 2.18. The fraction of sp³-hybridized carbons (Fsp3) is 0.692. The quantitative estimate of drug-likeness (QED) is 0.867. The molecule has 1 aromatic rings. The van der Waals surface area contributed by atoms with E-state index in [0.717, 1.165) is 24.4 Å². The largest absolute Gasteiger partial charge is 0.467 e. The van der Waals surface area contributed by atoms with E-state index in [1.807, 2.05) is 13.8 Å². The number of nitrogens with zero attached hydrogens (tertiary/aromatic N) is 2. The molecule has 2 heterocycles. The van der Waals surface area contributed by atoms with E-state index in [1.165, 1.54) is 24.8 Å². The van der Waals surface area contributed by atoms with Gasteiger partial charge in [0, 0.05) is 17.4 Å². The SMILES string of the molecule is COc1nc(C)c(CC2CCCCN2)c(C)n1. The molecule has 0 spiro atoms. The van der Waals surface area contributed by atoms with Crippen LogP contribution >= 0.6 is 0 Å². The number of aryl methyl sites for hydroxylation is 2. The lowest BCUT2D eigenvalue weighted by Crippen LogP contribution is -2.36. The molecular weight excluding hydrogens is 214 g/mol. The third kappa shape index (κ3) is 2.94. The zero-order chi connectivity index (χ0) is 12.3. The average molecular weight is 235 g/mol. The molecule has 4 nitrogen and oxygen atoms in total. The Bertz CT molecular complexity index is 363. The topological polar surface area (TPSA) is 47.0 Å². The molecule has 0 aromatic carbocycles. The molecule has 1 N–H and O–H groups in total. The van der Waals surface area contributed by atoms with Crippen LogP contribution in [0.2, 0.25) is 0 Å². The maximum absolute atomic E-state index is 5.08. The van der Waals surface area contributed by atoms with E-state index in [1.54, 1.807) is 7.11 Å². The van der Waals surface area contributed by atoms with Crippen molar-refractivity contribution in [2.45, 2.75) is 45.6 Å². The Balaban J connectivity index is 2.14. The van der Waals surface area contributed by atoms with Gasteiger partial charge in [0.25, 0.3) is 0 Å². The summed E-state index contributed by atoms with van der Waals surface area (Å²) in [6.07, 6.45) is 4.91. The van der Waals surface area contributed by atoms with Crippen LogP contribution < -0.4 is 10.1 Å². The minimum Gasteiger partial charge on any atom is -0.467 e. The molecule has 0 aliphatic carbocycles. The van der Waals surface area contributed by atoms with Gasteiger partial charge in [-0.25, -0.2) is 9.97 Å². The van der Waals surface area contributed by atoms with E-state index >= 15 is 0 Å². The average Bonchev–Trinajstić information content (AvgIpc) is 2.35. The van der Waals surface area contributed by atoms with Gasteiger partial charge in [-0.3, -0.25) is 0 Å². The highest BCUT2D eigenvalue weighted by Gasteiger charge is 2.17. The fourth-order valence-electron chi connectivity index (χ4n) is 2.44. The van der Waals surface area contributed by atoms with Crippen molar-refractivity contribution in [3.05, 3.63) is 17.0 Å². The molecule has 1 unspecified atom stereocenters. The van der Waals surface area contributed by atoms with Crippen LogP contribution in [0.3, 0.4) is 0 Å². The third-order valence-electron chi connectivity index (χ3n) is 3.45. The Morgan fingerprint density at radius 2 is 1.94 bits per heavy atom. The Hall–Kier alpha value is -1.16. The van der Waals surface area contributed by atoms with Gasteiger partial charge in [0.05, 0.1) is 7.11 Å². The van der Waals surface area contributed by atoms with Crippen molar-refractivity contribution in [1.29, 1.82) is 0 Å². The Morgan fingerprint density at radius 1 is 1.24 bits per heavy atom. The zero-order valence-corrected chi connectivity index (χ0v) is 10.9. The van der Waals surface area contributed by atoms with Gasteiger partial charge in [-0.05, 0) is 45.2 Å². The first-order valence-corrected chi connectivity index (χ1v) is 6.32. The highest BCUT2D eigenvalue weighted by atomic mass is 16.5. The first-order chi connectivity index (χ1) is 8.20. The summed E-state index contributed by atoms with van der Waals surface area (Å²) in [4.78, 5) is 8.71.